The van der Waals surface area contributed by atoms with Gasteiger partial charge in [-0.25, -0.2) is 8.78 Å². The number of hydrogen-bond acceptors (Lipinski definition) is 4. The fraction of sp³-hybridized carbons (Fsp3) is 0.312. The highest BCUT2D eigenvalue weighted by atomic mass is 19.1. The van der Waals surface area contributed by atoms with Crippen LogP contribution in [0.1, 0.15) is 24.2 Å². The number of nitrogens with one attached hydrogen (secondary N) is 2. The van der Waals surface area contributed by atoms with Crippen molar-refractivity contribution in [3.8, 4) is 11.6 Å². The van der Waals surface area contributed by atoms with Gasteiger partial charge in [-0.1, -0.05) is 5.16 Å². The Kier molecular flexibility index (Phi) is 3.33. The summed E-state index contributed by atoms with van der Waals surface area (Å²) in [5, 5.41) is 7.05. The number of amides is 1. The number of nitrogens with zero attached hydrogens (tertiary/aromatic N) is 2. The lowest BCUT2D eigenvalue weighted by Crippen LogP contribution is -2.27. The third kappa shape index (κ3) is 2.44. The quantitative estimate of drug-likeness (QED) is 0.772. The minimum absolute atomic E-state index is 0.00157. The summed E-state index contributed by atoms with van der Waals surface area (Å²) in [6, 6.07) is 2.06. The fourth-order valence-corrected chi connectivity index (χ4v) is 3.11. The Morgan fingerprint density at radius 2 is 2.21 bits per heavy atom. The molecular formula is C16H14F2N4O2. The van der Waals surface area contributed by atoms with Gasteiger partial charge in [0.15, 0.2) is 5.82 Å². The van der Waals surface area contributed by atoms with Crippen molar-refractivity contribution in [2.24, 2.45) is 0 Å². The Balaban J connectivity index is 1.67. The molecule has 1 saturated heterocycles. The molecule has 1 aliphatic rings. The number of fused-ring (bicyclic) bond motifs is 1. The summed E-state index contributed by atoms with van der Waals surface area (Å²) in [4.78, 5) is 18.5. The zero-order valence-corrected chi connectivity index (χ0v) is 12.8. The number of hydrogen-bond donors (Lipinski definition) is 2. The molecule has 124 valence electrons. The van der Waals surface area contributed by atoms with Crippen LogP contribution in [0.4, 0.5) is 8.78 Å². The normalized spacial score (nSPS) is 17.6. The van der Waals surface area contributed by atoms with Crippen molar-refractivity contribution in [2.75, 3.05) is 0 Å². The van der Waals surface area contributed by atoms with Gasteiger partial charge in [0, 0.05) is 30.3 Å². The number of carbonyl (C=O) groups is 1. The number of carbonyl (C=O) groups excluding carboxylic acids is 1. The van der Waals surface area contributed by atoms with Gasteiger partial charge in [0.25, 0.3) is 5.89 Å². The van der Waals surface area contributed by atoms with Gasteiger partial charge in [-0.15, -0.1) is 0 Å². The molecule has 8 heteroatoms. The maximum absolute atomic E-state index is 14.0. The third-order valence-electron chi connectivity index (χ3n) is 4.26. The first-order valence-corrected chi connectivity index (χ1v) is 7.61. The van der Waals surface area contributed by atoms with E-state index in [0.29, 0.717) is 40.8 Å². The van der Waals surface area contributed by atoms with Crippen LogP contribution < -0.4 is 5.32 Å². The van der Waals surface area contributed by atoms with E-state index in [1.807, 2.05) is 0 Å². The van der Waals surface area contributed by atoms with Crippen LogP contribution >= 0.6 is 0 Å². The lowest BCUT2D eigenvalue weighted by molar-refractivity contribution is -0.119. The standard InChI is InChI=1S/C16H14F2N4O2/c1-7-14-10(18)4-8(17)5-11(14)20-15(7)16-21-12(22-24-16)6-9-2-3-13(23)19-9/h4-5,9,20H,2-3,6H2,1H3,(H,19,23). The lowest BCUT2D eigenvalue weighted by Gasteiger charge is -2.04. The average molecular weight is 332 g/mol. The topological polar surface area (TPSA) is 83.8 Å². The van der Waals surface area contributed by atoms with E-state index in [1.54, 1.807) is 6.92 Å². The molecule has 0 saturated carbocycles. The molecule has 6 nitrogen and oxygen atoms in total. The second-order valence-corrected chi connectivity index (χ2v) is 5.96. The molecule has 0 bridgehead atoms. The largest absolute Gasteiger partial charge is 0.353 e. The van der Waals surface area contributed by atoms with Crippen molar-refractivity contribution < 1.29 is 18.1 Å². The molecule has 3 heterocycles. The first-order chi connectivity index (χ1) is 11.5. The molecule has 1 unspecified atom stereocenters. The maximum atomic E-state index is 14.0. The van der Waals surface area contributed by atoms with Gasteiger partial charge in [-0.2, -0.15) is 4.98 Å². The minimum atomic E-state index is -0.656. The van der Waals surface area contributed by atoms with Gasteiger partial charge in [-0.3, -0.25) is 4.79 Å². The molecule has 2 N–H and O–H groups in total. The van der Waals surface area contributed by atoms with Crippen LogP contribution in [0.5, 0.6) is 0 Å². The molecule has 0 radical (unpaired) electrons. The molecule has 1 atom stereocenters. The first kappa shape index (κ1) is 14.8. The number of aryl methyl sites for hydroxylation is 1. The lowest BCUT2D eigenvalue weighted by atomic mass is 10.1. The summed E-state index contributed by atoms with van der Waals surface area (Å²) >= 11 is 0. The Morgan fingerprint density at radius 3 is 2.96 bits per heavy atom. The number of aromatic amines is 1. The van der Waals surface area contributed by atoms with Gasteiger partial charge < -0.3 is 14.8 Å². The molecule has 24 heavy (non-hydrogen) atoms. The highest BCUT2D eigenvalue weighted by molar-refractivity contribution is 5.89. The summed E-state index contributed by atoms with van der Waals surface area (Å²) < 4.78 is 32.6. The molecule has 1 fully saturated rings. The van der Waals surface area contributed by atoms with Gasteiger partial charge in [-0.05, 0) is 25.0 Å². The number of H-pyrrole nitrogens is 1. The molecule has 3 aromatic rings. The highest BCUT2D eigenvalue weighted by Gasteiger charge is 2.24. The molecule has 1 aliphatic heterocycles. The molecule has 1 amide bonds. The van der Waals surface area contributed by atoms with Crippen LogP contribution in [-0.4, -0.2) is 27.1 Å². The van der Waals surface area contributed by atoms with Crippen LogP contribution in [0.25, 0.3) is 22.5 Å². The Bertz CT molecular complexity index is 947. The maximum Gasteiger partial charge on any atom is 0.274 e. The average Bonchev–Trinajstić information content (AvgIpc) is 3.20. The highest BCUT2D eigenvalue weighted by Crippen LogP contribution is 2.31. The molecule has 1 aromatic carbocycles. The summed E-state index contributed by atoms with van der Waals surface area (Å²) in [5.41, 5.74) is 1.37. The molecule has 4 rings (SSSR count). The fourth-order valence-electron chi connectivity index (χ4n) is 3.11. The van der Waals surface area contributed by atoms with Gasteiger partial charge in [0.1, 0.15) is 17.3 Å². The van der Waals surface area contributed by atoms with Crippen molar-refractivity contribution in [1.29, 1.82) is 0 Å². The van der Waals surface area contributed by atoms with E-state index < -0.39 is 11.6 Å². The van der Waals surface area contributed by atoms with Crippen LogP contribution in [0.15, 0.2) is 16.7 Å². The molecule has 0 aliphatic carbocycles. The second-order valence-electron chi connectivity index (χ2n) is 5.96. The monoisotopic (exact) mass is 332 g/mol. The van der Waals surface area contributed by atoms with Crippen molar-refractivity contribution >= 4 is 16.8 Å². The van der Waals surface area contributed by atoms with Gasteiger partial charge in [0.05, 0.1) is 5.52 Å². The predicted octanol–water partition coefficient (Wildman–Crippen LogP) is 2.63. The summed E-state index contributed by atoms with van der Waals surface area (Å²) in [7, 11) is 0. The Labute approximate surface area is 135 Å². The van der Waals surface area contributed by atoms with Crippen molar-refractivity contribution in [2.45, 2.75) is 32.2 Å². The summed E-state index contributed by atoms with van der Waals surface area (Å²) in [6.07, 6.45) is 1.71. The van der Waals surface area contributed by atoms with E-state index in [1.165, 1.54) is 6.07 Å². The third-order valence-corrected chi connectivity index (χ3v) is 4.26. The van der Waals surface area contributed by atoms with Crippen LogP contribution in [0.2, 0.25) is 0 Å². The van der Waals surface area contributed by atoms with E-state index >= 15 is 0 Å². The van der Waals surface area contributed by atoms with Crippen molar-refractivity contribution in [3.63, 3.8) is 0 Å². The SMILES string of the molecule is Cc1c(-c2nc(CC3CCC(=O)N3)no2)[nH]c2cc(F)cc(F)c12. The number of rotatable bonds is 3. The number of halogens is 2. The van der Waals surface area contributed by atoms with Crippen LogP contribution in [-0.2, 0) is 11.2 Å². The Morgan fingerprint density at radius 1 is 1.38 bits per heavy atom. The Hall–Kier alpha value is -2.77. The summed E-state index contributed by atoms with van der Waals surface area (Å²) in [6.45, 7) is 1.70. The zero-order chi connectivity index (χ0) is 16.8. The zero-order valence-electron chi connectivity index (χ0n) is 12.8. The predicted molar refractivity (Wildman–Crippen MR) is 81.1 cm³/mol. The van der Waals surface area contributed by atoms with Crippen LogP contribution in [0.3, 0.4) is 0 Å². The smallest absolute Gasteiger partial charge is 0.274 e. The van der Waals surface area contributed by atoms with E-state index in [4.69, 9.17) is 4.52 Å². The summed E-state index contributed by atoms with van der Waals surface area (Å²) in [5.74, 6) is -0.605. The van der Waals surface area contributed by atoms with E-state index in [-0.39, 0.29) is 17.8 Å². The molecular weight excluding hydrogens is 318 g/mol. The first-order valence-electron chi connectivity index (χ1n) is 7.61. The van der Waals surface area contributed by atoms with Gasteiger partial charge >= 0.3 is 0 Å². The van der Waals surface area contributed by atoms with Crippen molar-refractivity contribution in [1.82, 2.24) is 20.4 Å². The number of benzene rings is 1. The van der Waals surface area contributed by atoms with E-state index in [9.17, 15) is 13.6 Å². The second kappa shape index (κ2) is 5.40. The molecule has 2 aromatic heterocycles. The van der Waals surface area contributed by atoms with Crippen LogP contribution in [0, 0.1) is 18.6 Å². The van der Waals surface area contributed by atoms with Crippen molar-refractivity contribution in [3.05, 3.63) is 35.2 Å². The van der Waals surface area contributed by atoms with E-state index in [0.717, 1.165) is 12.5 Å². The van der Waals surface area contributed by atoms with E-state index in [2.05, 4.69) is 20.4 Å². The molecule has 0 spiro atoms. The number of aromatic nitrogens is 3. The van der Waals surface area contributed by atoms with Gasteiger partial charge in [0.2, 0.25) is 5.91 Å². The minimum Gasteiger partial charge on any atom is -0.353 e.